The van der Waals surface area contributed by atoms with E-state index in [4.69, 9.17) is 59.4 Å². The molecule has 2 rings (SSSR count). The molecular formula is C53H97BrN2O12P2. The quantitative estimate of drug-likeness (QED) is 0.0152. The number of nitrogens with zero attached hydrogens (tertiary/aromatic N) is 2. The van der Waals surface area contributed by atoms with Crippen LogP contribution in [0.5, 0.6) is 0 Å². The minimum absolute atomic E-state index is 0.0694. The Labute approximate surface area is 440 Å². The Hall–Kier alpha value is -2.61. The first-order valence-electron chi connectivity index (χ1n) is 23.5. The highest BCUT2D eigenvalue weighted by molar-refractivity contribution is 9.09. The molecule has 2 aliphatic rings. The average molecular weight is 1100 g/mol. The van der Waals surface area contributed by atoms with Crippen molar-refractivity contribution in [3.8, 4) is 36.0 Å². The molecule has 1 saturated heterocycles. The van der Waals surface area contributed by atoms with Crippen LogP contribution in [0.1, 0.15) is 115 Å². The summed E-state index contributed by atoms with van der Waals surface area (Å²) in [4.78, 5) is 18.3. The number of oxime groups is 1. The molecule has 14 nitrogen and oxygen atoms in total. The van der Waals surface area contributed by atoms with E-state index in [-0.39, 0.29) is 50.3 Å². The molecule has 0 aromatic heterocycles. The standard InChI is InChI=1S/C11H22O3.C8H15NO2.C7H11NO2.C7H12O2.C6H13BrO2.C5H10O.C5H4.C4H6.H4P2/c1-5-8-10(4)14-9-11(12-6-2)13-7-3;1-3-4-8(2)11-6-5-9-7-10;1-5-2-6-3-10-8-7(6)4-9-5;1-3-4-7(2)9-6-5-8;1-3-8-6(5-7)9-4-2;1-3-4-5(2)6;1-3-5-4-2;1-3-4-2;1-2/h5,10-11H,1,6-9H2,2-4H3;3,5,8,10H,1,4,6-7H2,2H3;5-6H,2-4H2,1H3;3,5,7H,1,4,6H2,2H3;6H,3-5H2,1-2H3;3,5-6H,1,4H2,2H3;1H,2H3;1-2H3;1-2H2/t10-;8-;5-,6-;7-;;5-;;;/m0000.0.../s1. The molecule has 2 unspecified atom stereocenters. The summed E-state index contributed by atoms with van der Waals surface area (Å²) in [6.07, 6.45) is 18.7. The molecule has 1 fully saturated rings. The van der Waals surface area contributed by atoms with E-state index >= 15 is 0 Å². The number of terminal acetylenes is 1. The fourth-order valence-corrected chi connectivity index (χ4v) is 4.81. The number of rotatable bonds is 27. The number of ether oxygens (including phenoxy) is 8. The largest absolute Gasteiger partial charge is 0.395 e. The van der Waals surface area contributed by atoms with Gasteiger partial charge in [0, 0.05) is 38.6 Å². The Morgan fingerprint density at radius 2 is 1.24 bits per heavy atom. The van der Waals surface area contributed by atoms with Crippen molar-refractivity contribution in [2.24, 2.45) is 16.1 Å². The van der Waals surface area contributed by atoms with Crippen LogP contribution in [0, 0.1) is 41.9 Å². The Bertz CT molecular complexity index is 1350. The molecule has 0 saturated carbocycles. The summed E-state index contributed by atoms with van der Waals surface area (Å²) >= 11 is 3.27. The predicted octanol–water partition coefficient (Wildman–Crippen LogP) is 10.4. The summed E-state index contributed by atoms with van der Waals surface area (Å²) < 4.78 is 42.2. The second-order valence-corrected chi connectivity index (χ2v) is 14.5. The molecule has 0 aromatic rings. The highest BCUT2D eigenvalue weighted by atomic mass is 79.9. The van der Waals surface area contributed by atoms with Gasteiger partial charge in [0.15, 0.2) is 12.6 Å². The molecule has 408 valence electrons. The van der Waals surface area contributed by atoms with Crippen LogP contribution in [0.3, 0.4) is 0 Å². The lowest BCUT2D eigenvalue weighted by Gasteiger charge is -2.22. The smallest absolute Gasteiger partial charge is 0.180 e. The fourth-order valence-electron chi connectivity index (χ4n) is 4.44. The number of fused-ring (bicyclic) bond motifs is 1. The van der Waals surface area contributed by atoms with E-state index in [0.29, 0.717) is 64.7 Å². The summed E-state index contributed by atoms with van der Waals surface area (Å²) in [6.45, 7) is 42.2. The third-order valence-electron chi connectivity index (χ3n) is 7.68. The van der Waals surface area contributed by atoms with Gasteiger partial charge >= 0.3 is 0 Å². The predicted molar refractivity (Wildman–Crippen MR) is 304 cm³/mol. The van der Waals surface area contributed by atoms with Gasteiger partial charge in [0.05, 0.1) is 61.4 Å². The molecule has 0 aliphatic carbocycles. The van der Waals surface area contributed by atoms with E-state index in [9.17, 15) is 4.79 Å². The van der Waals surface area contributed by atoms with Gasteiger partial charge in [-0.2, -0.15) is 0 Å². The van der Waals surface area contributed by atoms with Crippen LogP contribution >= 0.6 is 33.8 Å². The molecule has 0 amide bonds. The Morgan fingerprint density at radius 1 is 0.786 bits per heavy atom. The molecule has 2 heterocycles. The molecule has 0 radical (unpaired) electrons. The van der Waals surface area contributed by atoms with E-state index < -0.39 is 0 Å². The molecule has 70 heavy (non-hydrogen) atoms. The summed E-state index contributed by atoms with van der Waals surface area (Å²) in [5.74, 6) is 13.0. The van der Waals surface area contributed by atoms with Gasteiger partial charge in [0.1, 0.15) is 26.2 Å². The second kappa shape index (κ2) is 72.9. The van der Waals surface area contributed by atoms with Crippen molar-refractivity contribution in [1.29, 1.82) is 0 Å². The fraction of sp³-hybridized carbons (Fsp3) is 0.679. The first-order valence-corrected chi connectivity index (χ1v) is 27.3. The second-order valence-electron chi connectivity index (χ2n) is 13.8. The molecule has 2 N–H and O–H groups in total. The SMILES string of the molecule is C#CC#CC.C=CC[C@H](C)O.C=CC[C@H](C)OCC(OCC)OCC.C=CC[C@H](C)OCC=NCO.C=CC[C@H](C)OCC=O.CC#CC.CCOC(CBr)OCC.C[C@H]1C[C@H]2CON=C2CO1.PP. The van der Waals surface area contributed by atoms with Crippen LogP contribution in [0.2, 0.25) is 0 Å². The van der Waals surface area contributed by atoms with E-state index in [1.54, 1.807) is 32.2 Å². The first kappa shape index (κ1) is 81.4. The number of alkyl halides is 1. The van der Waals surface area contributed by atoms with Gasteiger partial charge in [-0.05, 0) is 127 Å². The van der Waals surface area contributed by atoms with E-state index in [1.807, 2.05) is 74.5 Å². The van der Waals surface area contributed by atoms with Crippen molar-refractivity contribution >= 4 is 52.0 Å². The molecule has 8 atom stereocenters. The van der Waals surface area contributed by atoms with Crippen molar-refractivity contribution in [1.82, 2.24) is 0 Å². The molecule has 2 aliphatic heterocycles. The van der Waals surface area contributed by atoms with Gasteiger partial charge in [0.25, 0.3) is 0 Å². The lowest BCUT2D eigenvalue weighted by molar-refractivity contribution is -0.174. The van der Waals surface area contributed by atoms with E-state index in [0.717, 1.165) is 49.6 Å². The van der Waals surface area contributed by atoms with Crippen LogP contribution < -0.4 is 0 Å². The first-order chi connectivity index (χ1) is 33.7. The van der Waals surface area contributed by atoms with Crippen molar-refractivity contribution in [2.75, 3.05) is 71.5 Å². The van der Waals surface area contributed by atoms with Gasteiger partial charge < -0.3 is 57.7 Å². The van der Waals surface area contributed by atoms with Crippen LogP contribution in [0.15, 0.2) is 60.8 Å². The summed E-state index contributed by atoms with van der Waals surface area (Å²) in [6, 6.07) is 0. The van der Waals surface area contributed by atoms with E-state index in [2.05, 4.69) is 107 Å². The summed E-state index contributed by atoms with van der Waals surface area (Å²) in [5.41, 5.74) is 1.10. The molecular weight excluding hydrogens is 998 g/mol. The van der Waals surface area contributed by atoms with Gasteiger partial charge in [-0.3, -0.25) is 4.99 Å². The van der Waals surface area contributed by atoms with Crippen molar-refractivity contribution in [2.45, 2.75) is 158 Å². The van der Waals surface area contributed by atoms with Gasteiger partial charge in [-0.25, -0.2) is 0 Å². The summed E-state index contributed by atoms with van der Waals surface area (Å²) in [5, 5.41) is 21.4. The van der Waals surface area contributed by atoms with Gasteiger partial charge in [-0.15, -0.1) is 62.4 Å². The summed E-state index contributed by atoms with van der Waals surface area (Å²) in [7, 11) is 4.67. The molecule has 0 aromatic carbocycles. The Kier molecular flexibility index (Phi) is 84.9. The van der Waals surface area contributed by atoms with Crippen LogP contribution in [-0.2, 0) is 47.5 Å². The van der Waals surface area contributed by atoms with Crippen LogP contribution in [-0.4, -0.2) is 143 Å². The average Bonchev–Trinajstić information content (AvgIpc) is 3.82. The molecule has 0 bridgehead atoms. The monoisotopic (exact) mass is 1090 g/mol. The number of aliphatic hydroxyl groups excluding tert-OH is 2. The van der Waals surface area contributed by atoms with Crippen LogP contribution in [0.25, 0.3) is 0 Å². The highest BCUT2D eigenvalue weighted by Crippen LogP contribution is 2.22. The Morgan fingerprint density at radius 3 is 1.59 bits per heavy atom. The highest BCUT2D eigenvalue weighted by Gasteiger charge is 2.30. The van der Waals surface area contributed by atoms with Crippen molar-refractivity contribution in [3.05, 3.63) is 50.6 Å². The third kappa shape index (κ3) is 74.3. The Balaban J connectivity index is -0.000000132. The molecule has 0 spiro atoms. The number of aliphatic hydroxyl groups is 2. The normalized spacial score (nSPS) is 14.9. The lowest BCUT2D eigenvalue weighted by Crippen LogP contribution is -2.31. The van der Waals surface area contributed by atoms with E-state index in [1.165, 1.54) is 0 Å². The zero-order valence-electron chi connectivity index (χ0n) is 45.2. The topological polar surface area (TPSA) is 165 Å². The minimum Gasteiger partial charge on any atom is -0.395 e. The third-order valence-corrected chi connectivity index (χ3v) is 8.21. The number of carbonyl (C=O) groups is 1. The van der Waals surface area contributed by atoms with Crippen molar-refractivity contribution in [3.63, 3.8) is 0 Å². The zero-order chi connectivity index (χ0) is 55.1. The molecule has 17 heteroatoms. The maximum absolute atomic E-state index is 9.76. The van der Waals surface area contributed by atoms with Crippen molar-refractivity contribution < 1.29 is 57.7 Å². The number of aliphatic imine (C=N–C) groups is 1. The maximum atomic E-state index is 9.76. The minimum atomic E-state index is -0.239. The zero-order valence-corrected chi connectivity index (χ0v) is 49.1. The van der Waals surface area contributed by atoms with Crippen LogP contribution in [0.4, 0.5) is 0 Å². The van der Waals surface area contributed by atoms with Gasteiger partial charge in [-0.1, -0.05) is 51.3 Å². The number of halogens is 1. The van der Waals surface area contributed by atoms with Gasteiger partial charge in [0.2, 0.25) is 0 Å². The number of hydrogen-bond acceptors (Lipinski definition) is 14. The number of carbonyl (C=O) groups excluding carboxylic acids is 1. The maximum Gasteiger partial charge on any atom is 0.180 e. The number of hydrogen-bond donors (Lipinski definition) is 2. The lowest BCUT2D eigenvalue weighted by atomic mass is 9.96. The number of aldehydes is 1.